The molecule has 26 heavy (non-hydrogen) atoms. The standard InChI is InChI=1S/C20H24ClN3O2/c1-3-24(4-2)20(26)17-12-11-16(14-18(17)21)23-19(25)10-7-9-15-8-5-6-13-22-15/h5-6,8,11-14H,3-4,7,9-10H2,1-2H3,(H,23,25). The summed E-state index contributed by atoms with van der Waals surface area (Å²) in [6, 6.07) is 10.7. The second-order valence-electron chi connectivity index (χ2n) is 5.89. The summed E-state index contributed by atoms with van der Waals surface area (Å²) < 4.78 is 0. The number of carbonyl (C=O) groups is 2. The van der Waals surface area contributed by atoms with Crippen molar-refractivity contribution >= 4 is 29.1 Å². The molecule has 1 aromatic heterocycles. The molecule has 0 unspecified atom stereocenters. The highest BCUT2D eigenvalue weighted by Gasteiger charge is 2.16. The number of nitrogens with one attached hydrogen (secondary N) is 1. The third-order valence-electron chi connectivity index (χ3n) is 4.10. The van der Waals surface area contributed by atoms with Crippen molar-refractivity contribution in [1.82, 2.24) is 9.88 Å². The van der Waals surface area contributed by atoms with E-state index in [9.17, 15) is 9.59 Å². The van der Waals surface area contributed by atoms with Gasteiger partial charge in [0.05, 0.1) is 10.6 Å². The molecule has 2 aromatic rings. The second kappa shape index (κ2) is 9.92. The highest BCUT2D eigenvalue weighted by Crippen LogP contribution is 2.22. The van der Waals surface area contributed by atoms with Crippen molar-refractivity contribution < 1.29 is 9.59 Å². The topological polar surface area (TPSA) is 62.3 Å². The lowest BCUT2D eigenvalue weighted by Gasteiger charge is -2.19. The van der Waals surface area contributed by atoms with Crippen LogP contribution in [0.1, 0.15) is 42.7 Å². The molecular formula is C20H24ClN3O2. The Kier molecular flexibility index (Phi) is 7.60. The Morgan fingerprint density at radius 2 is 1.92 bits per heavy atom. The van der Waals surface area contributed by atoms with E-state index >= 15 is 0 Å². The van der Waals surface area contributed by atoms with Gasteiger partial charge in [-0.05, 0) is 57.0 Å². The van der Waals surface area contributed by atoms with Gasteiger partial charge >= 0.3 is 0 Å². The molecule has 2 amide bonds. The Balaban J connectivity index is 1.90. The van der Waals surface area contributed by atoms with Gasteiger partial charge < -0.3 is 10.2 Å². The van der Waals surface area contributed by atoms with Crippen LogP contribution in [0.3, 0.4) is 0 Å². The van der Waals surface area contributed by atoms with Crippen LogP contribution in [0.25, 0.3) is 0 Å². The minimum Gasteiger partial charge on any atom is -0.339 e. The largest absolute Gasteiger partial charge is 0.339 e. The highest BCUT2D eigenvalue weighted by atomic mass is 35.5. The Morgan fingerprint density at radius 3 is 2.54 bits per heavy atom. The van der Waals surface area contributed by atoms with E-state index < -0.39 is 0 Å². The zero-order valence-electron chi connectivity index (χ0n) is 15.2. The maximum Gasteiger partial charge on any atom is 0.255 e. The molecule has 0 aliphatic heterocycles. The fourth-order valence-corrected chi connectivity index (χ4v) is 2.91. The maximum atomic E-state index is 12.4. The number of carbonyl (C=O) groups excluding carboxylic acids is 2. The molecule has 0 saturated carbocycles. The first-order valence-corrected chi connectivity index (χ1v) is 9.21. The molecule has 0 radical (unpaired) electrons. The first-order chi connectivity index (χ1) is 12.5. The van der Waals surface area contributed by atoms with Crippen molar-refractivity contribution in [3.63, 3.8) is 0 Å². The van der Waals surface area contributed by atoms with Gasteiger partial charge in [0.2, 0.25) is 5.91 Å². The highest BCUT2D eigenvalue weighted by molar-refractivity contribution is 6.34. The summed E-state index contributed by atoms with van der Waals surface area (Å²) in [7, 11) is 0. The molecule has 1 aromatic carbocycles. The Bertz CT molecular complexity index is 746. The first-order valence-electron chi connectivity index (χ1n) is 8.83. The predicted octanol–water partition coefficient (Wildman–Crippen LogP) is 4.18. The van der Waals surface area contributed by atoms with Crippen LogP contribution < -0.4 is 5.32 Å². The van der Waals surface area contributed by atoms with E-state index in [0.29, 0.717) is 35.8 Å². The van der Waals surface area contributed by atoms with Gasteiger partial charge in [0.1, 0.15) is 0 Å². The van der Waals surface area contributed by atoms with E-state index in [2.05, 4.69) is 10.3 Å². The quantitative estimate of drug-likeness (QED) is 0.755. The van der Waals surface area contributed by atoms with Gasteiger partial charge in [0.15, 0.2) is 0 Å². The van der Waals surface area contributed by atoms with Gasteiger partial charge in [-0.1, -0.05) is 17.7 Å². The third-order valence-corrected chi connectivity index (χ3v) is 4.41. The number of rotatable bonds is 8. The Hall–Kier alpha value is -2.40. The number of aromatic nitrogens is 1. The number of halogens is 1. The summed E-state index contributed by atoms with van der Waals surface area (Å²) in [5, 5.41) is 3.16. The van der Waals surface area contributed by atoms with Crippen LogP contribution in [0, 0.1) is 0 Å². The fourth-order valence-electron chi connectivity index (χ4n) is 2.65. The van der Waals surface area contributed by atoms with Gasteiger partial charge in [0, 0.05) is 37.1 Å². The zero-order valence-corrected chi connectivity index (χ0v) is 15.9. The van der Waals surface area contributed by atoms with Gasteiger partial charge in [-0.2, -0.15) is 0 Å². The average molecular weight is 374 g/mol. The SMILES string of the molecule is CCN(CC)C(=O)c1ccc(NC(=O)CCCc2ccccn2)cc1Cl. The molecule has 6 heteroatoms. The van der Waals surface area contributed by atoms with Crippen molar-refractivity contribution in [2.45, 2.75) is 33.1 Å². The summed E-state index contributed by atoms with van der Waals surface area (Å²) >= 11 is 6.24. The zero-order chi connectivity index (χ0) is 18.9. The summed E-state index contributed by atoms with van der Waals surface area (Å²) in [5.74, 6) is -0.187. The molecule has 1 N–H and O–H groups in total. The predicted molar refractivity (Wildman–Crippen MR) is 105 cm³/mol. The van der Waals surface area contributed by atoms with Crippen LogP contribution in [-0.2, 0) is 11.2 Å². The number of benzene rings is 1. The molecule has 2 rings (SSSR count). The molecule has 138 valence electrons. The smallest absolute Gasteiger partial charge is 0.255 e. The minimum atomic E-state index is -0.103. The van der Waals surface area contributed by atoms with E-state index in [1.54, 1.807) is 29.3 Å². The number of anilines is 1. The Labute approximate surface area is 159 Å². The average Bonchev–Trinajstić information content (AvgIpc) is 2.63. The van der Waals surface area contributed by atoms with E-state index in [1.165, 1.54) is 0 Å². The van der Waals surface area contributed by atoms with Crippen LogP contribution in [0.15, 0.2) is 42.6 Å². The molecule has 0 spiro atoms. The molecule has 5 nitrogen and oxygen atoms in total. The molecule has 0 atom stereocenters. The third kappa shape index (κ3) is 5.56. The fraction of sp³-hybridized carbons (Fsp3) is 0.350. The molecule has 0 fully saturated rings. The van der Waals surface area contributed by atoms with Crippen LogP contribution in [0.2, 0.25) is 5.02 Å². The summed E-state index contributed by atoms with van der Waals surface area (Å²) in [6.07, 6.45) is 3.62. The molecular weight excluding hydrogens is 350 g/mol. The number of aryl methyl sites for hydroxylation is 1. The summed E-state index contributed by atoms with van der Waals surface area (Å²) in [4.78, 5) is 30.4. The van der Waals surface area contributed by atoms with E-state index in [4.69, 9.17) is 11.6 Å². The maximum absolute atomic E-state index is 12.4. The van der Waals surface area contributed by atoms with Crippen LogP contribution in [0.4, 0.5) is 5.69 Å². The molecule has 0 aliphatic rings. The molecule has 0 saturated heterocycles. The van der Waals surface area contributed by atoms with Crippen LogP contribution >= 0.6 is 11.6 Å². The van der Waals surface area contributed by atoms with Crippen molar-refractivity contribution in [1.29, 1.82) is 0 Å². The lowest BCUT2D eigenvalue weighted by Crippen LogP contribution is -2.30. The number of amides is 2. The number of hydrogen-bond acceptors (Lipinski definition) is 3. The number of nitrogens with zero attached hydrogens (tertiary/aromatic N) is 2. The van der Waals surface area contributed by atoms with Crippen LogP contribution in [0.5, 0.6) is 0 Å². The monoisotopic (exact) mass is 373 g/mol. The molecule has 1 heterocycles. The number of pyridine rings is 1. The lowest BCUT2D eigenvalue weighted by molar-refractivity contribution is -0.116. The first kappa shape index (κ1) is 19.9. The van der Waals surface area contributed by atoms with Gasteiger partial charge in [0.25, 0.3) is 5.91 Å². The lowest BCUT2D eigenvalue weighted by atomic mass is 10.1. The minimum absolute atomic E-state index is 0.0835. The van der Waals surface area contributed by atoms with E-state index in [-0.39, 0.29) is 11.8 Å². The normalized spacial score (nSPS) is 10.4. The van der Waals surface area contributed by atoms with Crippen molar-refractivity contribution in [3.8, 4) is 0 Å². The molecule has 0 aliphatic carbocycles. The molecule has 0 bridgehead atoms. The van der Waals surface area contributed by atoms with Gasteiger partial charge in [-0.15, -0.1) is 0 Å². The Morgan fingerprint density at radius 1 is 1.15 bits per heavy atom. The van der Waals surface area contributed by atoms with Crippen molar-refractivity contribution in [2.75, 3.05) is 18.4 Å². The van der Waals surface area contributed by atoms with Crippen LogP contribution in [-0.4, -0.2) is 34.8 Å². The van der Waals surface area contributed by atoms with Gasteiger partial charge in [-0.25, -0.2) is 0 Å². The summed E-state index contributed by atoms with van der Waals surface area (Å²) in [6.45, 7) is 5.10. The summed E-state index contributed by atoms with van der Waals surface area (Å²) in [5.41, 5.74) is 2.01. The van der Waals surface area contributed by atoms with Crippen molar-refractivity contribution in [2.24, 2.45) is 0 Å². The van der Waals surface area contributed by atoms with E-state index in [0.717, 1.165) is 18.5 Å². The number of hydrogen-bond donors (Lipinski definition) is 1. The van der Waals surface area contributed by atoms with Gasteiger partial charge in [-0.3, -0.25) is 14.6 Å². The second-order valence-corrected chi connectivity index (χ2v) is 6.30. The van der Waals surface area contributed by atoms with E-state index in [1.807, 2.05) is 32.0 Å². The van der Waals surface area contributed by atoms with Crippen molar-refractivity contribution in [3.05, 3.63) is 58.9 Å².